The minimum atomic E-state index is -0.242. The van der Waals surface area contributed by atoms with Crippen LogP contribution in [-0.2, 0) is 6.54 Å². The lowest BCUT2D eigenvalue weighted by atomic mass is 10.2. The van der Waals surface area contributed by atoms with E-state index in [0.717, 1.165) is 28.1 Å². The van der Waals surface area contributed by atoms with Crippen molar-refractivity contribution in [3.63, 3.8) is 0 Å². The maximum absolute atomic E-state index is 13.4. The summed E-state index contributed by atoms with van der Waals surface area (Å²) in [6.45, 7) is 3.44. The van der Waals surface area contributed by atoms with Gasteiger partial charge in [0.05, 0.1) is 0 Å². The van der Waals surface area contributed by atoms with Gasteiger partial charge in [0.1, 0.15) is 11.6 Å². The molecule has 0 unspecified atom stereocenters. The van der Waals surface area contributed by atoms with E-state index in [4.69, 9.17) is 0 Å². The van der Waals surface area contributed by atoms with Gasteiger partial charge in [-0.05, 0) is 54.2 Å². The van der Waals surface area contributed by atoms with Crippen molar-refractivity contribution in [3.05, 3.63) is 52.4 Å². The van der Waals surface area contributed by atoms with E-state index in [0.29, 0.717) is 6.54 Å². The fraction of sp³-hybridized carbons (Fsp3) is 0.267. The van der Waals surface area contributed by atoms with E-state index >= 15 is 0 Å². The van der Waals surface area contributed by atoms with Crippen LogP contribution in [-0.4, -0.2) is 18.6 Å². The molecule has 0 aliphatic heterocycles. The highest BCUT2D eigenvalue weighted by Gasteiger charge is 2.14. The lowest BCUT2D eigenvalue weighted by Gasteiger charge is -2.24. The molecule has 0 fully saturated rings. The lowest BCUT2D eigenvalue weighted by Crippen LogP contribution is -2.21. The highest BCUT2D eigenvalue weighted by molar-refractivity contribution is 9.10. The number of aromatic nitrogens is 1. The molecule has 1 N–H and O–H groups in total. The van der Waals surface area contributed by atoms with Gasteiger partial charge >= 0.3 is 0 Å². The van der Waals surface area contributed by atoms with Gasteiger partial charge in [-0.2, -0.15) is 0 Å². The Morgan fingerprint density at radius 3 is 2.80 bits per heavy atom. The summed E-state index contributed by atoms with van der Waals surface area (Å²) in [4.78, 5) is 6.49. The number of hydrogen-bond donors (Lipinski definition) is 1. The minimum absolute atomic E-state index is 0.242. The van der Waals surface area contributed by atoms with E-state index in [1.54, 1.807) is 12.3 Å². The van der Waals surface area contributed by atoms with E-state index in [1.807, 2.05) is 31.0 Å². The summed E-state index contributed by atoms with van der Waals surface area (Å²) in [6.07, 6.45) is 1.76. The van der Waals surface area contributed by atoms with Crippen LogP contribution in [0.1, 0.15) is 12.5 Å². The zero-order valence-corrected chi connectivity index (χ0v) is 13.1. The van der Waals surface area contributed by atoms with Crippen LogP contribution in [0.15, 0.2) is 41.0 Å². The Labute approximate surface area is 127 Å². The number of rotatable bonds is 5. The molecule has 0 radical (unpaired) electrons. The normalized spacial score (nSPS) is 10.6. The molecule has 1 aromatic heterocycles. The van der Waals surface area contributed by atoms with Gasteiger partial charge in [0.2, 0.25) is 0 Å². The van der Waals surface area contributed by atoms with Gasteiger partial charge in [-0.1, -0.05) is 6.07 Å². The molecule has 0 saturated heterocycles. The zero-order valence-electron chi connectivity index (χ0n) is 11.5. The maximum Gasteiger partial charge on any atom is 0.137 e. The first-order valence-electron chi connectivity index (χ1n) is 6.47. The number of hydrogen-bond acceptors (Lipinski definition) is 3. The van der Waals surface area contributed by atoms with Crippen LogP contribution < -0.4 is 10.2 Å². The molecule has 1 heterocycles. The number of benzene rings is 1. The Morgan fingerprint density at radius 1 is 1.35 bits per heavy atom. The molecule has 20 heavy (non-hydrogen) atoms. The monoisotopic (exact) mass is 337 g/mol. The molecule has 3 nitrogen and oxygen atoms in total. The lowest BCUT2D eigenvalue weighted by molar-refractivity contribution is 0.627. The summed E-state index contributed by atoms with van der Waals surface area (Å²) in [6, 6.07) is 8.60. The number of nitrogens with zero attached hydrogens (tertiary/aromatic N) is 2. The van der Waals surface area contributed by atoms with E-state index in [-0.39, 0.29) is 5.82 Å². The molecule has 5 heteroatoms. The van der Waals surface area contributed by atoms with Crippen LogP contribution >= 0.6 is 15.9 Å². The minimum Gasteiger partial charge on any atom is -0.326 e. The van der Waals surface area contributed by atoms with Crippen LogP contribution in [0.5, 0.6) is 0 Å². The zero-order chi connectivity index (χ0) is 14.5. The van der Waals surface area contributed by atoms with Crippen molar-refractivity contribution in [1.29, 1.82) is 0 Å². The van der Waals surface area contributed by atoms with Crippen LogP contribution in [0, 0.1) is 5.82 Å². The van der Waals surface area contributed by atoms with Crippen molar-refractivity contribution in [2.75, 3.05) is 18.5 Å². The predicted molar refractivity (Wildman–Crippen MR) is 83.8 cm³/mol. The van der Waals surface area contributed by atoms with E-state index in [1.165, 1.54) is 12.1 Å². The van der Waals surface area contributed by atoms with Gasteiger partial charge in [-0.15, -0.1) is 0 Å². The Kier molecular flexibility index (Phi) is 5.09. The van der Waals surface area contributed by atoms with Crippen LogP contribution in [0.2, 0.25) is 0 Å². The second-order valence-electron chi connectivity index (χ2n) is 4.39. The summed E-state index contributed by atoms with van der Waals surface area (Å²) >= 11 is 3.44. The van der Waals surface area contributed by atoms with E-state index < -0.39 is 0 Å². The molecule has 0 aliphatic carbocycles. The molecule has 0 aliphatic rings. The summed E-state index contributed by atoms with van der Waals surface area (Å²) in [5, 5.41) is 3.13. The van der Waals surface area contributed by atoms with E-state index in [9.17, 15) is 4.39 Å². The van der Waals surface area contributed by atoms with Crippen LogP contribution in [0.25, 0.3) is 0 Å². The number of halogens is 2. The maximum atomic E-state index is 13.4. The topological polar surface area (TPSA) is 28.2 Å². The molecular weight excluding hydrogens is 321 g/mol. The van der Waals surface area contributed by atoms with Crippen molar-refractivity contribution in [3.8, 4) is 0 Å². The highest BCUT2D eigenvalue weighted by Crippen LogP contribution is 2.28. The fourth-order valence-corrected chi connectivity index (χ4v) is 2.51. The van der Waals surface area contributed by atoms with Gasteiger partial charge < -0.3 is 10.2 Å². The predicted octanol–water partition coefficient (Wildman–Crippen LogP) is 3.86. The molecule has 106 valence electrons. The average Bonchev–Trinajstić information content (AvgIpc) is 2.42. The SMILES string of the molecule is CCN(c1cccc(F)c1)c1ncc(Br)cc1CNC. The average molecular weight is 338 g/mol. The quantitative estimate of drug-likeness (QED) is 0.897. The van der Waals surface area contributed by atoms with Gasteiger partial charge in [-0.3, -0.25) is 0 Å². The summed E-state index contributed by atoms with van der Waals surface area (Å²) in [5.41, 5.74) is 1.87. The Balaban J connectivity index is 2.46. The largest absolute Gasteiger partial charge is 0.326 e. The van der Waals surface area contributed by atoms with Crippen molar-refractivity contribution in [1.82, 2.24) is 10.3 Å². The van der Waals surface area contributed by atoms with Crippen molar-refractivity contribution in [2.45, 2.75) is 13.5 Å². The Morgan fingerprint density at radius 2 is 2.15 bits per heavy atom. The first kappa shape index (κ1) is 14.9. The fourth-order valence-electron chi connectivity index (χ4n) is 2.14. The summed E-state index contributed by atoms with van der Waals surface area (Å²) < 4.78 is 14.4. The molecule has 1 aromatic carbocycles. The highest BCUT2D eigenvalue weighted by atomic mass is 79.9. The first-order valence-corrected chi connectivity index (χ1v) is 7.27. The van der Waals surface area contributed by atoms with Gasteiger partial charge in [0, 0.05) is 35.0 Å². The Hall–Kier alpha value is -1.46. The van der Waals surface area contributed by atoms with Gasteiger partial charge in [0.25, 0.3) is 0 Å². The van der Waals surface area contributed by atoms with Crippen LogP contribution in [0.3, 0.4) is 0 Å². The second kappa shape index (κ2) is 6.81. The molecule has 0 saturated carbocycles. The first-order chi connectivity index (χ1) is 9.65. The molecular formula is C15H17BrFN3. The third-order valence-electron chi connectivity index (χ3n) is 2.97. The molecule has 0 atom stereocenters. The van der Waals surface area contributed by atoms with Crippen molar-refractivity contribution < 1.29 is 4.39 Å². The van der Waals surface area contributed by atoms with E-state index in [2.05, 4.69) is 26.2 Å². The summed E-state index contributed by atoms with van der Waals surface area (Å²) in [5.74, 6) is 0.601. The molecule has 0 amide bonds. The molecule has 2 rings (SSSR count). The molecule has 0 bridgehead atoms. The molecule has 2 aromatic rings. The number of nitrogens with one attached hydrogen (secondary N) is 1. The van der Waals surface area contributed by atoms with Gasteiger partial charge in [-0.25, -0.2) is 9.37 Å². The number of anilines is 2. The van der Waals surface area contributed by atoms with Gasteiger partial charge in [0.15, 0.2) is 0 Å². The standard InChI is InChI=1S/C15H17BrFN3/c1-3-20(14-6-4-5-13(17)8-14)15-11(9-18-2)7-12(16)10-19-15/h4-8,10,18H,3,9H2,1-2H3. The summed E-state index contributed by atoms with van der Waals surface area (Å²) in [7, 11) is 1.89. The third kappa shape index (κ3) is 3.35. The van der Waals surface area contributed by atoms with Crippen molar-refractivity contribution in [2.24, 2.45) is 0 Å². The molecule has 0 spiro atoms. The number of pyridine rings is 1. The second-order valence-corrected chi connectivity index (χ2v) is 5.31. The Bertz CT molecular complexity index is 589. The van der Waals surface area contributed by atoms with Crippen LogP contribution in [0.4, 0.5) is 15.9 Å². The smallest absolute Gasteiger partial charge is 0.137 e. The van der Waals surface area contributed by atoms with Crippen molar-refractivity contribution >= 4 is 27.4 Å². The third-order valence-corrected chi connectivity index (χ3v) is 3.40.